The quantitative estimate of drug-likeness (QED) is 0.805. The lowest BCUT2D eigenvalue weighted by molar-refractivity contribution is 0.592. The van der Waals surface area contributed by atoms with E-state index in [1.165, 1.54) is 0 Å². The van der Waals surface area contributed by atoms with E-state index in [2.05, 4.69) is 0 Å². The fraction of sp³-hybridized carbons (Fsp3) is 0.214. The summed E-state index contributed by atoms with van der Waals surface area (Å²) in [4.78, 5) is 0.377. The van der Waals surface area contributed by atoms with Crippen LogP contribution in [0, 0.1) is 13.3 Å². The Bertz CT molecular complexity index is 563. The summed E-state index contributed by atoms with van der Waals surface area (Å²) in [6.45, 7) is 3.89. The maximum atomic E-state index is 12.3. The Morgan fingerprint density at radius 3 is 2.24 bits per heavy atom. The van der Waals surface area contributed by atoms with Crippen LogP contribution in [0.1, 0.15) is 12.5 Å². The average molecular weight is 247 g/mol. The summed E-state index contributed by atoms with van der Waals surface area (Å²) >= 11 is 0. The van der Waals surface area contributed by atoms with E-state index >= 15 is 0 Å². The van der Waals surface area contributed by atoms with E-state index < -0.39 is 15.1 Å². The van der Waals surface area contributed by atoms with Crippen LogP contribution in [0.3, 0.4) is 0 Å². The van der Waals surface area contributed by atoms with Crippen LogP contribution < -0.4 is 0 Å². The third-order valence-corrected chi connectivity index (χ3v) is 4.77. The van der Waals surface area contributed by atoms with Crippen LogP contribution in [0.4, 0.5) is 0 Å². The van der Waals surface area contributed by atoms with Gasteiger partial charge in [0, 0.05) is 6.42 Å². The Kier molecular flexibility index (Phi) is 3.20. The van der Waals surface area contributed by atoms with Crippen LogP contribution in [0.2, 0.25) is 0 Å². The first kappa shape index (κ1) is 12.1. The van der Waals surface area contributed by atoms with Gasteiger partial charge in [-0.15, -0.1) is 0 Å². The predicted octanol–water partition coefficient (Wildman–Crippen LogP) is 2.86. The molecule has 0 saturated carbocycles. The molecule has 3 heteroatoms. The molecule has 1 radical (unpaired) electrons. The third-order valence-electron chi connectivity index (χ3n) is 2.81. The number of allylic oxidation sites excluding steroid dienone is 3. The molecular weight excluding hydrogens is 232 g/mol. The van der Waals surface area contributed by atoms with Gasteiger partial charge in [-0.2, -0.15) is 0 Å². The summed E-state index contributed by atoms with van der Waals surface area (Å²) in [7, 11) is -3.29. The molecule has 1 unspecified atom stereocenters. The van der Waals surface area contributed by atoms with Crippen molar-refractivity contribution in [2.75, 3.05) is 0 Å². The Morgan fingerprint density at radius 2 is 1.71 bits per heavy atom. The first-order valence-electron chi connectivity index (χ1n) is 5.51. The van der Waals surface area contributed by atoms with E-state index in [0.717, 1.165) is 11.1 Å². The second-order valence-electron chi connectivity index (χ2n) is 4.28. The number of benzene rings is 1. The molecule has 0 bridgehead atoms. The maximum absolute atomic E-state index is 12.3. The monoisotopic (exact) mass is 247 g/mol. The lowest BCUT2D eigenvalue weighted by atomic mass is 10.1. The van der Waals surface area contributed by atoms with Crippen molar-refractivity contribution in [2.45, 2.75) is 24.0 Å². The van der Waals surface area contributed by atoms with Gasteiger partial charge >= 0.3 is 0 Å². The van der Waals surface area contributed by atoms with Crippen molar-refractivity contribution >= 4 is 9.84 Å². The van der Waals surface area contributed by atoms with Crippen LogP contribution in [-0.4, -0.2) is 13.7 Å². The van der Waals surface area contributed by atoms with Gasteiger partial charge in [-0.05, 0) is 26.0 Å². The molecule has 1 aromatic rings. The minimum absolute atomic E-state index is 0.377. The van der Waals surface area contributed by atoms with Crippen molar-refractivity contribution in [3.05, 3.63) is 60.1 Å². The largest absolute Gasteiger partial charge is 0.223 e. The summed E-state index contributed by atoms with van der Waals surface area (Å²) in [5.41, 5.74) is 2.13. The zero-order valence-corrected chi connectivity index (χ0v) is 10.7. The van der Waals surface area contributed by atoms with Gasteiger partial charge in [0.05, 0.1) is 10.1 Å². The molecule has 2 rings (SSSR count). The topological polar surface area (TPSA) is 34.1 Å². The van der Waals surface area contributed by atoms with E-state index in [1.807, 2.05) is 38.1 Å². The van der Waals surface area contributed by atoms with E-state index in [0.29, 0.717) is 4.90 Å². The molecule has 1 aliphatic carbocycles. The van der Waals surface area contributed by atoms with Crippen LogP contribution in [0.5, 0.6) is 0 Å². The smallest absolute Gasteiger partial charge is 0.185 e. The standard InChI is InChI=1S/C14H15O2S/c1-11-3-7-13(8-4-11)17(15,16)14-9-5-12(2)6-10-14/h3-10,13H,1-2H3. The van der Waals surface area contributed by atoms with Gasteiger partial charge < -0.3 is 0 Å². The molecule has 1 atom stereocenters. The van der Waals surface area contributed by atoms with Crippen LogP contribution in [0.15, 0.2) is 53.0 Å². The van der Waals surface area contributed by atoms with Crippen molar-refractivity contribution in [1.29, 1.82) is 0 Å². The first-order valence-corrected chi connectivity index (χ1v) is 7.05. The van der Waals surface area contributed by atoms with E-state index in [1.54, 1.807) is 24.6 Å². The summed E-state index contributed by atoms with van der Waals surface area (Å²) in [6, 6.07) is 6.97. The zero-order valence-electron chi connectivity index (χ0n) is 9.92. The fourth-order valence-electron chi connectivity index (χ4n) is 1.70. The van der Waals surface area contributed by atoms with Crippen molar-refractivity contribution < 1.29 is 8.42 Å². The van der Waals surface area contributed by atoms with E-state index in [9.17, 15) is 8.42 Å². The fourth-order valence-corrected chi connectivity index (χ4v) is 3.11. The Morgan fingerprint density at radius 1 is 1.06 bits per heavy atom. The second-order valence-corrected chi connectivity index (χ2v) is 6.39. The van der Waals surface area contributed by atoms with E-state index in [-0.39, 0.29) is 0 Å². The Hall–Kier alpha value is -1.35. The molecule has 1 aromatic carbocycles. The number of hydrogen-bond acceptors (Lipinski definition) is 2. The molecule has 0 aliphatic heterocycles. The highest BCUT2D eigenvalue weighted by Crippen LogP contribution is 2.23. The van der Waals surface area contributed by atoms with Gasteiger partial charge in [-0.3, -0.25) is 0 Å². The average Bonchev–Trinajstić information content (AvgIpc) is 2.30. The minimum Gasteiger partial charge on any atom is -0.223 e. The summed E-state index contributed by atoms with van der Waals surface area (Å²) < 4.78 is 24.6. The molecule has 0 amide bonds. The number of rotatable bonds is 2. The molecule has 1 aliphatic rings. The summed E-state index contributed by atoms with van der Waals surface area (Å²) in [5, 5.41) is -0.547. The van der Waals surface area contributed by atoms with Crippen LogP contribution >= 0.6 is 0 Å². The number of sulfone groups is 1. The normalized spacial score (nSPS) is 20.1. The lowest BCUT2D eigenvalue weighted by Gasteiger charge is -2.15. The molecule has 17 heavy (non-hydrogen) atoms. The highest BCUT2D eigenvalue weighted by Gasteiger charge is 2.25. The SMILES string of the molecule is CC1=C[CH]C(S(=O)(=O)c2ccc(C)cc2)C=C1. The second kappa shape index (κ2) is 4.49. The molecule has 2 nitrogen and oxygen atoms in total. The van der Waals surface area contributed by atoms with Crippen LogP contribution in [-0.2, 0) is 9.84 Å². The molecule has 0 fully saturated rings. The van der Waals surface area contributed by atoms with Gasteiger partial charge in [-0.1, -0.05) is 41.5 Å². The summed E-state index contributed by atoms with van der Waals surface area (Å²) in [6.07, 6.45) is 7.14. The molecule has 0 saturated heterocycles. The molecule has 0 heterocycles. The zero-order chi connectivity index (χ0) is 12.5. The van der Waals surface area contributed by atoms with Gasteiger partial charge in [0.15, 0.2) is 9.84 Å². The maximum Gasteiger partial charge on any atom is 0.185 e. The highest BCUT2D eigenvalue weighted by atomic mass is 32.2. The van der Waals surface area contributed by atoms with Gasteiger partial charge in [0.25, 0.3) is 0 Å². The molecule has 89 valence electrons. The van der Waals surface area contributed by atoms with Gasteiger partial charge in [0.2, 0.25) is 0 Å². The van der Waals surface area contributed by atoms with Crippen LogP contribution in [0.25, 0.3) is 0 Å². The van der Waals surface area contributed by atoms with Crippen molar-refractivity contribution in [3.8, 4) is 0 Å². The molecular formula is C14H15O2S. The van der Waals surface area contributed by atoms with Crippen molar-refractivity contribution in [2.24, 2.45) is 0 Å². The number of aryl methyl sites for hydroxylation is 1. The Labute approximate surface area is 103 Å². The van der Waals surface area contributed by atoms with Crippen molar-refractivity contribution in [3.63, 3.8) is 0 Å². The number of hydrogen-bond donors (Lipinski definition) is 0. The molecule has 0 aromatic heterocycles. The lowest BCUT2D eigenvalue weighted by Crippen LogP contribution is -2.20. The predicted molar refractivity (Wildman–Crippen MR) is 69.3 cm³/mol. The minimum atomic E-state index is -3.29. The Balaban J connectivity index is 2.32. The molecule has 0 N–H and O–H groups in total. The van der Waals surface area contributed by atoms with E-state index in [4.69, 9.17) is 0 Å². The molecule has 0 spiro atoms. The van der Waals surface area contributed by atoms with Gasteiger partial charge in [0.1, 0.15) is 0 Å². The summed E-state index contributed by atoms with van der Waals surface area (Å²) in [5.74, 6) is 0. The first-order chi connectivity index (χ1) is 8.00. The van der Waals surface area contributed by atoms with Gasteiger partial charge in [-0.25, -0.2) is 8.42 Å². The highest BCUT2D eigenvalue weighted by molar-refractivity contribution is 7.92. The third kappa shape index (κ3) is 2.50. The van der Waals surface area contributed by atoms with Crippen molar-refractivity contribution in [1.82, 2.24) is 0 Å².